The maximum Gasteiger partial charge on any atom is 0.341 e. The summed E-state index contributed by atoms with van der Waals surface area (Å²) < 4.78 is 12.1. The number of amides is 1. The molecule has 5 rings (SSSR count). The Bertz CT molecular complexity index is 1640. The summed E-state index contributed by atoms with van der Waals surface area (Å²) >= 11 is 4.02. The number of aryl methyl sites for hydroxylation is 2. The van der Waals surface area contributed by atoms with Crippen molar-refractivity contribution in [3.05, 3.63) is 68.7 Å². The van der Waals surface area contributed by atoms with Crippen LogP contribution in [0.5, 0.6) is 5.75 Å². The zero-order valence-corrected chi connectivity index (χ0v) is 26.7. The van der Waals surface area contributed by atoms with Crippen molar-refractivity contribution in [3.63, 3.8) is 0 Å². The Hall–Kier alpha value is -3.41. The molecule has 1 aliphatic carbocycles. The number of allylic oxidation sites excluding steroid dienone is 1. The van der Waals surface area contributed by atoms with Crippen molar-refractivity contribution in [3.8, 4) is 16.9 Å². The Morgan fingerprint density at radius 2 is 1.93 bits per heavy atom. The summed E-state index contributed by atoms with van der Waals surface area (Å²) in [6, 6.07) is 7.33. The molecule has 1 aliphatic rings. The number of carbonyl (C=O) groups excluding carboxylic acids is 2. The number of rotatable bonds is 10. The molecule has 1 amide bonds. The van der Waals surface area contributed by atoms with Crippen LogP contribution < -0.4 is 15.6 Å². The number of nitrogens with one attached hydrogen (secondary N) is 1. The molecule has 0 saturated carbocycles. The van der Waals surface area contributed by atoms with E-state index in [9.17, 15) is 14.4 Å². The number of hydrogen-bond donors (Lipinski definition) is 1. The summed E-state index contributed by atoms with van der Waals surface area (Å²) in [6.45, 7) is 10.3. The lowest BCUT2D eigenvalue weighted by Gasteiger charge is -2.11. The number of thioether (sulfide) groups is 1. The molecular weight excluding hydrogens is 591 g/mol. The lowest BCUT2D eigenvalue weighted by Crippen LogP contribution is -2.24. The number of hydrogen-bond acceptors (Lipinski definition) is 9. The van der Waals surface area contributed by atoms with E-state index in [0.29, 0.717) is 39.0 Å². The maximum absolute atomic E-state index is 13.4. The van der Waals surface area contributed by atoms with E-state index in [0.717, 1.165) is 35.2 Å². The first-order valence-corrected chi connectivity index (χ1v) is 16.6. The SMILES string of the molecule is C=CCn1c(SCC(=O)Nc2scc(-c3ccc(OC)cc3)c2C(=O)OCC)nc2sc3c(c2c1=O)CCC3.CCC. The fourth-order valence-corrected chi connectivity index (χ4v) is 7.67. The van der Waals surface area contributed by atoms with Gasteiger partial charge in [0.05, 0.1) is 24.9 Å². The van der Waals surface area contributed by atoms with E-state index in [4.69, 9.17) is 14.5 Å². The standard InChI is InChI=1S/C28H27N3O5S3.C3H8/c1-4-13-31-26(33)22-18-7-6-8-20(18)39-25(22)30-28(31)38-15-21(32)29-24-23(27(34)36-5-2)19(14-37-24)16-9-11-17(35-3)12-10-16;1-3-2/h4,9-12,14H,1,5-8,13,15H2,2-3H3,(H,29,32);3H2,1-2H3. The molecule has 4 aromatic rings. The Morgan fingerprint density at radius 3 is 2.60 bits per heavy atom. The third kappa shape index (κ3) is 6.79. The van der Waals surface area contributed by atoms with Crippen molar-refractivity contribution < 1.29 is 19.1 Å². The molecule has 8 nitrogen and oxygen atoms in total. The van der Waals surface area contributed by atoms with Gasteiger partial charge in [0.2, 0.25) is 5.91 Å². The number of esters is 1. The lowest BCUT2D eigenvalue weighted by atomic mass is 10.0. The highest BCUT2D eigenvalue weighted by atomic mass is 32.2. The number of nitrogens with zero attached hydrogens (tertiary/aromatic N) is 2. The van der Waals surface area contributed by atoms with E-state index < -0.39 is 5.97 Å². The average molecular weight is 626 g/mol. The molecule has 1 aromatic carbocycles. The van der Waals surface area contributed by atoms with Crippen LogP contribution in [0, 0.1) is 0 Å². The van der Waals surface area contributed by atoms with Crippen LogP contribution in [0.4, 0.5) is 5.00 Å². The van der Waals surface area contributed by atoms with Crippen molar-refractivity contribution in [2.45, 2.75) is 58.2 Å². The third-order valence-electron chi connectivity index (χ3n) is 6.36. The van der Waals surface area contributed by atoms with Gasteiger partial charge < -0.3 is 14.8 Å². The van der Waals surface area contributed by atoms with Gasteiger partial charge in [-0.25, -0.2) is 9.78 Å². The first-order valence-electron chi connectivity index (χ1n) is 13.9. The fraction of sp³-hybridized carbons (Fsp3) is 0.355. The van der Waals surface area contributed by atoms with E-state index in [-0.39, 0.29) is 23.8 Å². The van der Waals surface area contributed by atoms with Crippen LogP contribution in [-0.4, -0.2) is 40.9 Å². The van der Waals surface area contributed by atoms with Crippen LogP contribution in [0.25, 0.3) is 21.3 Å². The summed E-state index contributed by atoms with van der Waals surface area (Å²) in [7, 11) is 1.59. The minimum Gasteiger partial charge on any atom is -0.497 e. The predicted octanol–water partition coefficient (Wildman–Crippen LogP) is 7.19. The number of methoxy groups -OCH3 is 1. The van der Waals surface area contributed by atoms with E-state index >= 15 is 0 Å². The Morgan fingerprint density at radius 1 is 1.19 bits per heavy atom. The Balaban J connectivity index is 0.00000129. The van der Waals surface area contributed by atoms with Crippen LogP contribution >= 0.6 is 34.4 Å². The van der Waals surface area contributed by atoms with Gasteiger partial charge in [0.25, 0.3) is 5.56 Å². The summed E-state index contributed by atoms with van der Waals surface area (Å²) in [4.78, 5) is 46.0. The number of anilines is 1. The van der Waals surface area contributed by atoms with Crippen LogP contribution in [0.3, 0.4) is 0 Å². The van der Waals surface area contributed by atoms with Crippen LogP contribution in [0.2, 0.25) is 0 Å². The van der Waals surface area contributed by atoms with E-state index in [1.54, 1.807) is 36.0 Å². The zero-order chi connectivity index (χ0) is 30.2. The molecular formula is C31H35N3O5S3. The Labute approximate surface area is 257 Å². The molecule has 0 bridgehead atoms. The van der Waals surface area contributed by atoms with Crippen LogP contribution in [-0.2, 0) is 28.9 Å². The molecule has 42 heavy (non-hydrogen) atoms. The monoisotopic (exact) mass is 625 g/mol. The fourth-order valence-electron chi connectivity index (χ4n) is 4.59. The number of carbonyl (C=O) groups is 2. The van der Waals surface area contributed by atoms with Gasteiger partial charge in [-0.15, -0.1) is 29.3 Å². The normalized spacial score (nSPS) is 11.9. The molecule has 0 fully saturated rings. The molecule has 0 aliphatic heterocycles. The largest absolute Gasteiger partial charge is 0.497 e. The van der Waals surface area contributed by atoms with Crippen LogP contribution in [0.1, 0.15) is 54.4 Å². The highest BCUT2D eigenvalue weighted by Gasteiger charge is 2.25. The van der Waals surface area contributed by atoms with Crippen molar-refractivity contribution in [1.29, 1.82) is 0 Å². The quantitative estimate of drug-likeness (QED) is 0.0862. The number of fused-ring (bicyclic) bond motifs is 3. The summed E-state index contributed by atoms with van der Waals surface area (Å²) in [5.74, 6) is -0.115. The van der Waals surface area contributed by atoms with Gasteiger partial charge >= 0.3 is 5.97 Å². The zero-order valence-electron chi connectivity index (χ0n) is 24.3. The first kappa shape index (κ1) is 31.5. The van der Waals surface area contributed by atoms with Crippen molar-refractivity contribution >= 4 is 61.5 Å². The molecule has 0 radical (unpaired) electrons. The number of aromatic nitrogens is 2. The molecule has 3 aromatic heterocycles. The van der Waals surface area contributed by atoms with Crippen molar-refractivity contribution in [1.82, 2.24) is 9.55 Å². The second-order valence-corrected chi connectivity index (χ2v) is 12.4. The highest BCUT2D eigenvalue weighted by molar-refractivity contribution is 7.99. The number of benzene rings is 1. The maximum atomic E-state index is 13.4. The minimum absolute atomic E-state index is 0.0121. The smallest absolute Gasteiger partial charge is 0.341 e. The molecule has 3 heterocycles. The topological polar surface area (TPSA) is 99.5 Å². The van der Waals surface area contributed by atoms with Gasteiger partial charge in [-0.3, -0.25) is 14.2 Å². The third-order valence-corrected chi connectivity index (χ3v) is 9.42. The van der Waals surface area contributed by atoms with E-state index in [2.05, 4.69) is 25.7 Å². The van der Waals surface area contributed by atoms with Gasteiger partial charge in [0.1, 0.15) is 21.1 Å². The van der Waals surface area contributed by atoms with Gasteiger partial charge in [-0.1, -0.05) is 50.2 Å². The second kappa shape index (κ2) is 14.7. The van der Waals surface area contributed by atoms with Crippen LogP contribution in [0.15, 0.2) is 52.3 Å². The van der Waals surface area contributed by atoms with Gasteiger partial charge in [0.15, 0.2) is 5.16 Å². The first-order chi connectivity index (χ1) is 20.4. The molecule has 11 heteroatoms. The van der Waals surface area contributed by atoms with Crippen molar-refractivity contribution in [2.75, 3.05) is 24.8 Å². The van der Waals surface area contributed by atoms with Gasteiger partial charge in [0, 0.05) is 22.4 Å². The summed E-state index contributed by atoms with van der Waals surface area (Å²) in [5, 5.41) is 6.27. The summed E-state index contributed by atoms with van der Waals surface area (Å²) in [5.41, 5.74) is 2.81. The molecule has 0 atom stereocenters. The highest BCUT2D eigenvalue weighted by Crippen LogP contribution is 2.38. The molecule has 0 spiro atoms. The number of ether oxygens (including phenoxy) is 2. The molecule has 222 valence electrons. The number of thiophene rings is 2. The average Bonchev–Trinajstić information content (AvgIpc) is 3.69. The molecule has 0 saturated heterocycles. The van der Waals surface area contributed by atoms with E-state index in [1.165, 1.54) is 34.4 Å². The second-order valence-electron chi connectivity index (χ2n) is 9.48. The minimum atomic E-state index is -0.509. The predicted molar refractivity (Wildman–Crippen MR) is 174 cm³/mol. The van der Waals surface area contributed by atoms with Gasteiger partial charge in [-0.2, -0.15) is 0 Å². The molecule has 0 unspecified atom stereocenters. The van der Waals surface area contributed by atoms with E-state index in [1.807, 2.05) is 29.6 Å². The Kier molecular flexibility index (Phi) is 11.0. The summed E-state index contributed by atoms with van der Waals surface area (Å²) in [6.07, 6.45) is 5.84. The lowest BCUT2D eigenvalue weighted by molar-refractivity contribution is -0.113. The van der Waals surface area contributed by atoms with Crippen molar-refractivity contribution in [2.24, 2.45) is 0 Å². The van der Waals surface area contributed by atoms with Gasteiger partial charge in [-0.05, 0) is 49.4 Å². The molecule has 1 N–H and O–H groups in total.